The molecule has 3 amide bonds. The molecule has 4 aliphatic rings. The summed E-state index contributed by atoms with van der Waals surface area (Å²) < 4.78 is 6.99. The van der Waals surface area contributed by atoms with Gasteiger partial charge in [-0.05, 0) is 73.1 Å². The van der Waals surface area contributed by atoms with Gasteiger partial charge in [-0.3, -0.25) is 34.2 Å². The fourth-order valence-corrected chi connectivity index (χ4v) is 11.5. The average Bonchev–Trinajstić information content (AvgIpc) is 3.80. The lowest BCUT2D eigenvalue weighted by Gasteiger charge is -2.43. The number of thiazole rings is 1. The average molecular weight is 748 g/mol. The number of benzene rings is 3. The van der Waals surface area contributed by atoms with Crippen LogP contribution in [-0.2, 0) is 14.4 Å². The maximum atomic E-state index is 14.1. The van der Waals surface area contributed by atoms with Gasteiger partial charge in [0.25, 0.3) is 11.6 Å². The summed E-state index contributed by atoms with van der Waals surface area (Å²) in [7, 11) is 0. The Balaban J connectivity index is 1.13. The molecular formula is C34H27BrN4O7S2. The topological polar surface area (TPSA) is 152 Å². The number of nitro groups is 1. The number of carbonyl (C=O) groups is 3. The summed E-state index contributed by atoms with van der Waals surface area (Å²) in [6.07, 6.45) is 0.696. The molecule has 2 aliphatic heterocycles. The number of aromatic nitrogens is 1. The number of fused-ring (bicyclic) bond motifs is 9. The molecule has 3 aromatic carbocycles. The second kappa shape index (κ2) is 11.7. The zero-order valence-corrected chi connectivity index (χ0v) is 28.5. The highest BCUT2D eigenvalue weighted by molar-refractivity contribution is 9.10. The van der Waals surface area contributed by atoms with Crippen molar-refractivity contribution in [1.82, 2.24) is 4.98 Å². The molecule has 2 bridgehead atoms. The minimum atomic E-state index is -0.546. The van der Waals surface area contributed by atoms with Crippen LogP contribution >= 0.6 is 39.0 Å². The smallest absolute Gasteiger partial charge is 0.305 e. The number of nitrogens with one attached hydrogen (secondary N) is 2. The minimum Gasteiger partial charge on any atom is -0.483 e. The van der Waals surface area contributed by atoms with Crippen molar-refractivity contribution in [2.75, 3.05) is 16.8 Å². The molecular weight excluding hydrogens is 720 g/mol. The summed E-state index contributed by atoms with van der Waals surface area (Å²) in [6.45, 7) is 1.68. The van der Waals surface area contributed by atoms with E-state index < -0.39 is 16.8 Å². The molecule has 48 heavy (non-hydrogen) atoms. The van der Waals surface area contributed by atoms with Crippen molar-refractivity contribution < 1.29 is 24.0 Å². The van der Waals surface area contributed by atoms with E-state index in [2.05, 4.69) is 26.2 Å². The number of halogens is 1. The van der Waals surface area contributed by atoms with Gasteiger partial charge in [-0.15, -0.1) is 11.8 Å². The number of amides is 3. The summed E-state index contributed by atoms with van der Waals surface area (Å²) in [4.78, 5) is 69.3. The number of rotatable bonds is 7. The predicted molar refractivity (Wildman–Crippen MR) is 184 cm³/mol. The number of anilines is 2. The Kier molecular flexibility index (Phi) is 7.57. The molecule has 2 saturated carbocycles. The van der Waals surface area contributed by atoms with E-state index in [1.54, 1.807) is 11.8 Å². The lowest BCUT2D eigenvalue weighted by atomic mass is 9.68. The molecule has 6 unspecified atom stereocenters. The van der Waals surface area contributed by atoms with E-state index in [1.807, 2.05) is 49.4 Å². The fraction of sp³-hybridized carbons (Fsp3) is 0.294. The number of non-ortho nitro benzene ring substituents is 1. The quantitative estimate of drug-likeness (QED) is 0.131. The Labute approximate surface area is 290 Å². The first kappa shape index (κ1) is 31.0. The number of nitro benzene ring substituents is 1. The van der Waals surface area contributed by atoms with E-state index in [0.717, 1.165) is 36.8 Å². The first-order valence-electron chi connectivity index (χ1n) is 15.4. The molecule has 3 fully saturated rings. The standard InChI is InChI=1S/C34H27BrN4O7S2/c1-15-4-2-3-5-22(15)36-24(40)14-46-23-11-6-16(35)12-19(23)25-26-20-13-21(29(26)47-31-30(25)48-34(43)37-31)28-27(20)32(41)38(33(28)42)17-7-9-18(10-8-17)39(44)45/h2-12,20-21,25-29H,13-14H2,1H3,(H,36,40)(H,37,43)/t20?,21?,25-,26?,27?,28?,29?/m1/s1. The molecule has 1 saturated heterocycles. The van der Waals surface area contributed by atoms with E-state index in [1.165, 1.54) is 29.2 Å². The molecule has 0 spiro atoms. The summed E-state index contributed by atoms with van der Waals surface area (Å²) in [5, 5.41) is 14.8. The van der Waals surface area contributed by atoms with Crippen LogP contribution in [0.3, 0.4) is 0 Å². The second-order valence-corrected chi connectivity index (χ2v) is 15.7. The van der Waals surface area contributed by atoms with Crippen molar-refractivity contribution in [3.8, 4) is 5.75 Å². The number of aromatic amines is 1. The van der Waals surface area contributed by atoms with Crippen LogP contribution in [0.4, 0.5) is 17.1 Å². The SMILES string of the molecule is Cc1ccccc1NC(=O)COc1ccc(Br)cc1[C@H]1c2sc(=O)[nH]c2SC2C3CC(C4C(=O)N(c5ccc([N+](=O)[O-])cc5)C(=O)C34)C21. The molecule has 1 aromatic heterocycles. The molecule has 2 N–H and O–H groups in total. The highest BCUT2D eigenvalue weighted by atomic mass is 79.9. The van der Waals surface area contributed by atoms with Crippen molar-refractivity contribution in [2.45, 2.75) is 29.5 Å². The van der Waals surface area contributed by atoms with Gasteiger partial charge in [0.05, 0.1) is 27.5 Å². The molecule has 8 rings (SSSR count). The van der Waals surface area contributed by atoms with E-state index in [9.17, 15) is 29.3 Å². The number of H-pyrrole nitrogens is 1. The largest absolute Gasteiger partial charge is 0.483 e. The number of thioether (sulfide) groups is 1. The monoisotopic (exact) mass is 746 g/mol. The number of carbonyl (C=O) groups excluding carboxylic acids is 3. The molecule has 244 valence electrons. The zero-order valence-electron chi connectivity index (χ0n) is 25.3. The van der Waals surface area contributed by atoms with Crippen LogP contribution in [0.25, 0.3) is 0 Å². The number of hydrogen-bond acceptors (Lipinski definition) is 9. The van der Waals surface area contributed by atoms with Gasteiger partial charge in [0.15, 0.2) is 6.61 Å². The molecule has 7 atom stereocenters. The van der Waals surface area contributed by atoms with Gasteiger partial charge in [-0.2, -0.15) is 0 Å². The predicted octanol–water partition coefficient (Wildman–Crippen LogP) is 6.11. The summed E-state index contributed by atoms with van der Waals surface area (Å²) >= 11 is 6.33. The molecule has 3 heterocycles. The van der Waals surface area contributed by atoms with Crippen LogP contribution in [0, 0.1) is 46.6 Å². The maximum Gasteiger partial charge on any atom is 0.305 e. The summed E-state index contributed by atoms with van der Waals surface area (Å²) in [5.41, 5.74) is 2.63. The van der Waals surface area contributed by atoms with Gasteiger partial charge in [-0.1, -0.05) is 45.5 Å². The number of aryl methyl sites for hydroxylation is 1. The van der Waals surface area contributed by atoms with E-state index in [0.29, 0.717) is 23.5 Å². The normalized spacial score (nSPS) is 26.6. The first-order valence-corrected chi connectivity index (χ1v) is 17.9. The fourth-order valence-electron chi connectivity index (χ4n) is 8.28. The molecule has 14 heteroatoms. The lowest BCUT2D eigenvalue weighted by Crippen LogP contribution is -2.42. The third-order valence-corrected chi connectivity index (χ3v) is 13.2. The number of para-hydroxylation sites is 1. The summed E-state index contributed by atoms with van der Waals surface area (Å²) in [6, 6.07) is 18.6. The Hall–Kier alpha value is -4.27. The van der Waals surface area contributed by atoms with Crippen molar-refractivity contribution in [3.63, 3.8) is 0 Å². The van der Waals surface area contributed by atoms with Crippen molar-refractivity contribution in [3.05, 3.63) is 107 Å². The number of nitrogens with zero attached hydrogens (tertiary/aromatic N) is 2. The van der Waals surface area contributed by atoms with Crippen molar-refractivity contribution >= 4 is 73.8 Å². The zero-order chi connectivity index (χ0) is 33.4. The van der Waals surface area contributed by atoms with E-state index >= 15 is 0 Å². The minimum absolute atomic E-state index is 0.0521. The lowest BCUT2D eigenvalue weighted by molar-refractivity contribution is -0.384. The number of imide groups is 1. The van der Waals surface area contributed by atoms with Gasteiger partial charge in [-0.25, -0.2) is 0 Å². The Morgan fingerprint density at radius 3 is 2.52 bits per heavy atom. The van der Waals surface area contributed by atoms with Gasteiger partial charge in [0, 0.05) is 43.9 Å². The summed E-state index contributed by atoms with van der Waals surface area (Å²) in [5.74, 6) is -2.11. The van der Waals surface area contributed by atoms with Crippen LogP contribution in [0.5, 0.6) is 5.75 Å². The number of hydrogen-bond donors (Lipinski definition) is 2. The second-order valence-electron chi connectivity index (χ2n) is 12.6. The number of ether oxygens (including phenoxy) is 1. The molecule has 2 aliphatic carbocycles. The van der Waals surface area contributed by atoms with Crippen LogP contribution in [0.15, 0.2) is 81.0 Å². The van der Waals surface area contributed by atoms with Crippen molar-refractivity contribution in [2.24, 2.45) is 29.6 Å². The van der Waals surface area contributed by atoms with Crippen molar-refractivity contribution in [1.29, 1.82) is 0 Å². The highest BCUT2D eigenvalue weighted by Crippen LogP contribution is 2.69. The highest BCUT2D eigenvalue weighted by Gasteiger charge is 2.70. The van der Waals surface area contributed by atoms with Crippen LogP contribution < -0.4 is 19.8 Å². The van der Waals surface area contributed by atoms with Gasteiger partial charge in [0.2, 0.25) is 11.8 Å². The molecule has 11 nitrogen and oxygen atoms in total. The van der Waals surface area contributed by atoms with E-state index in [4.69, 9.17) is 4.74 Å². The van der Waals surface area contributed by atoms with Crippen LogP contribution in [-0.4, -0.2) is 39.5 Å². The Morgan fingerprint density at radius 2 is 1.79 bits per heavy atom. The van der Waals surface area contributed by atoms with Crippen LogP contribution in [0.2, 0.25) is 0 Å². The van der Waals surface area contributed by atoms with Gasteiger partial charge < -0.3 is 15.0 Å². The van der Waals surface area contributed by atoms with Crippen LogP contribution in [0.1, 0.15) is 28.3 Å². The molecule has 4 aromatic rings. The van der Waals surface area contributed by atoms with Gasteiger partial charge >= 0.3 is 4.87 Å². The Bertz CT molecular complexity index is 2080. The van der Waals surface area contributed by atoms with Gasteiger partial charge in [0.1, 0.15) is 5.75 Å². The maximum absolute atomic E-state index is 14.1. The third-order valence-electron chi connectivity index (χ3n) is 10.1. The first-order chi connectivity index (χ1) is 23.1. The third kappa shape index (κ3) is 4.91. The Morgan fingerprint density at radius 1 is 1.06 bits per heavy atom. The molecule has 0 radical (unpaired) electrons. The van der Waals surface area contributed by atoms with E-state index in [-0.39, 0.29) is 63.8 Å².